The average molecular weight is 254 g/mol. The zero-order chi connectivity index (χ0) is 12.9. The highest BCUT2D eigenvalue weighted by molar-refractivity contribution is 5.36. The lowest BCUT2D eigenvalue weighted by molar-refractivity contribution is -0.160. The largest absolute Gasteiger partial charge is 0.416 e. The SMILES string of the molecule is FC(F)(F)c1ccc(C2(C(F)(F)F)CC2)cc1. The molecule has 0 heterocycles. The molecule has 0 amide bonds. The van der Waals surface area contributed by atoms with Crippen LogP contribution in [0.4, 0.5) is 26.3 Å². The van der Waals surface area contributed by atoms with Crippen LogP contribution in [0, 0.1) is 0 Å². The summed E-state index contributed by atoms with van der Waals surface area (Å²) in [5.41, 5.74) is -2.94. The van der Waals surface area contributed by atoms with Crippen LogP contribution in [0.5, 0.6) is 0 Å². The second kappa shape index (κ2) is 3.40. The van der Waals surface area contributed by atoms with Crippen molar-refractivity contribution < 1.29 is 26.3 Å². The first kappa shape index (κ1) is 12.3. The van der Waals surface area contributed by atoms with Crippen LogP contribution in [-0.4, -0.2) is 6.18 Å². The number of rotatable bonds is 1. The summed E-state index contributed by atoms with van der Waals surface area (Å²) in [6.45, 7) is 0. The lowest BCUT2D eigenvalue weighted by Crippen LogP contribution is -2.28. The Labute approximate surface area is 93.2 Å². The van der Waals surface area contributed by atoms with Crippen LogP contribution in [0.25, 0.3) is 0 Å². The fourth-order valence-corrected chi connectivity index (χ4v) is 1.84. The maximum atomic E-state index is 12.7. The molecule has 1 saturated carbocycles. The van der Waals surface area contributed by atoms with Crippen LogP contribution in [0.2, 0.25) is 0 Å². The Morgan fingerprint density at radius 1 is 0.824 bits per heavy atom. The zero-order valence-electron chi connectivity index (χ0n) is 8.49. The molecule has 0 aromatic heterocycles. The van der Waals surface area contributed by atoms with E-state index in [0.29, 0.717) is 12.1 Å². The summed E-state index contributed by atoms with van der Waals surface area (Å²) in [7, 11) is 0. The summed E-state index contributed by atoms with van der Waals surface area (Å²) in [5, 5.41) is 0. The van der Waals surface area contributed by atoms with Gasteiger partial charge in [-0.1, -0.05) is 12.1 Å². The van der Waals surface area contributed by atoms with Gasteiger partial charge in [-0.2, -0.15) is 26.3 Å². The Balaban J connectivity index is 2.32. The van der Waals surface area contributed by atoms with E-state index in [1.54, 1.807) is 0 Å². The molecule has 0 saturated heterocycles. The fraction of sp³-hybridized carbons (Fsp3) is 0.455. The van der Waals surface area contributed by atoms with Crippen LogP contribution in [0.15, 0.2) is 24.3 Å². The van der Waals surface area contributed by atoms with E-state index >= 15 is 0 Å². The van der Waals surface area contributed by atoms with Crippen LogP contribution in [0.3, 0.4) is 0 Å². The van der Waals surface area contributed by atoms with Crippen LogP contribution >= 0.6 is 0 Å². The summed E-state index contributed by atoms with van der Waals surface area (Å²) in [6.07, 6.45) is -9.02. The molecule has 2 rings (SSSR count). The molecule has 1 fully saturated rings. The highest BCUT2D eigenvalue weighted by Gasteiger charge is 2.64. The summed E-state index contributed by atoms with van der Waals surface area (Å²) in [5.74, 6) is 0. The van der Waals surface area contributed by atoms with Crippen LogP contribution < -0.4 is 0 Å². The Morgan fingerprint density at radius 3 is 1.59 bits per heavy atom. The monoisotopic (exact) mass is 254 g/mol. The Hall–Kier alpha value is -1.20. The second-order valence-electron chi connectivity index (χ2n) is 4.15. The van der Waals surface area contributed by atoms with Crippen molar-refractivity contribution in [2.75, 3.05) is 0 Å². The highest BCUT2D eigenvalue weighted by atomic mass is 19.4. The van der Waals surface area contributed by atoms with E-state index < -0.39 is 23.3 Å². The lowest BCUT2D eigenvalue weighted by Gasteiger charge is -2.20. The van der Waals surface area contributed by atoms with E-state index in [9.17, 15) is 26.3 Å². The molecule has 0 bridgehead atoms. The Morgan fingerprint density at radius 2 is 1.29 bits per heavy atom. The molecule has 0 N–H and O–H groups in total. The summed E-state index contributed by atoms with van der Waals surface area (Å²) >= 11 is 0. The topological polar surface area (TPSA) is 0 Å². The fourth-order valence-electron chi connectivity index (χ4n) is 1.84. The van der Waals surface area contributed by atoms with Crippen molar-refractivity contribution in [2.45, 2.75) is 30.6 Å². The first-order chi connectivity index (χ1) is 7.67. The number of hydrogen-bond acceptors (Lipinski definition) is 0. The minimum absolute atomic E-state index is 0.0537. The third kappa shape index (κ3) is 2.00. The number of benzene rings is 1. The van der Waals surface area contributed by atoms with Gasteiger partial charge in [-0.3, -0.25) is 0 Å². The molecule has 1 aromatic carbocycles. The molecule has 0 unspecified atom stereocenters. The Kier molecular flexibility index (Phi) is 2.45. The molecule has 0 atom stereocenters. The van der Waals surface area contributed by atoms with Gasteiger partial charge in [-0.15, -0.1) is 0 Å². The van der Waals surface area contributed by atoms with Crippen molar-refractivity contribution >= 4 is 0 Å². The highest BCUT2D eigenvalue weighted by Crippen LogP contribution is 2.58. The van der Waals surface area contributed by atoms with Gasteiger partial charge in [0, 0.05) is 0 Å². The Bertz CT molecular complexity index is 407. The minimum atomic E-state index is -4.52. The normalized spacial score (nSPS) is 19.2. The number of hydrogen-bond donors (Lipinski definition) is 0. The molecule has 0 nitrogen and oxygen atoms in total. The molecule has 1 aromatic rings. The van der Waals surface area contributed by atoms with Crippen molar-refractivity contribution in [3.8, 4) is 0 Å². The molecule has 1 aliphatic carbocycles. The van der Waals surface area contributed by atoms with Gasteiger partial charge in [-0.05, 0) is 30.5 Å². The number of halogens is 6. The summed E-state index contributed by atoms with van der Waals surface area (Å²) in [4.78, 5) is 0. The van der Waals surface area contributed by atoms with Gasteiger partial charge in [0.2, 0.25) is 0 Å². The molecule has 17 heavy (non-hydrogen) atoms. The van der Waals surface area contributed by atoms with Crippen LogP contribution in [0.1, 0.15) is 24.0 Å². The van der Waals surface area contributed by atoms with E-state index in [4.69, 9.17) is 0 Å². The van der Waals surface area contributed by atoms with Gasteiger partial charge >= 0.3 is 12.4 Å². The molecule has 0 spiro atoms. The predicted octanol–water partition coefficient (Wildman–Crippen LogP) is 4.30. The molecule has 0 radical (unpaired) electrons. The van der Waals surface area contributed by atoms with Crippen LogP contribution in [-0.2, 0) is 11.6 Å². The molecule has 1 aliphatic rings. The van der Waals surface area contributed by atoms with Crippen molar-refractivity contribution in [1.82, 2.24) is 0 Å². The lowest BCUT2D eigenvalue weighted by atomic mass is 9.94. The van der Waals surface area contributed by atoms with Crippen molar-refractivity contribution in [3.63, 3.8) is 0 Å². The van der Waals surface area contributed by atoms with Gasteiger partial charge in [-0.25, -0.2) is 0 Å². The second-order valence-corrected chi connectivity index (χ2v) is 4.15. The summed E-state index contributed by atoms with van der Waals surface area (Å²) < 4.78 is 74.8. The molecule has 6 heteroatoms. The van der Waals surface area contributed by atoms with Gasteiger partial charge < -0.3 is 0 Å². The van der Waals surface area contributed by atoms with Gasteiger partial charge in [0.25, 0.3) is 0 Å². The molecule has 94 valence electrons. The van der Waals surface area contributed by atoms with Gasteiger partial charge in [0.15, 0.2) is 0 Å². The van der Waals surface area contributed by atoms with Crippen molar-refractivity contribution in [2.24, 2.45) is 0 Å². The average Bonchev–Trinajstić information content (AvgIpc) is 2.96. The standard InChI is InChI=1S/C11H8F6/c12-10(13,14)8-3-1-7(2-4-8)9(5-6-9)11(15,16)17/h1-4H,5-6H2. The van der Waals surface area contributed by atoms with Gasteiger partial charge in [0.05, 0.1) is 11.0 Å². The third-order valence-corrected chi connectivity index (χ3v) is 3.06. The zero-order valence-corrected chi connectivity index (χ0v) is 8.49. The first-order valence-electron chi connectivity index (χ1n) is 4.91. The minimum Gasteiger partial charge on any atom is -0.170 e. The van der Waals surface area contributed by atoms with E-state index in [0.717, 1.165) is 12.1 Å². The first-order valence-corrected chi connectivity index (χ1v) is 4.91. The van der Waals surface area contributed by atoms with E-state index in [1.807, 2.05) is 0 Å². The smallest absolute Gasteiger partial charge is 0.170 e. The van der Waals surface area contributed by atoms with Crippen molar-refractivity contribution in [1.29, 1.82) is 0 Å². The number of alkyl halides is 6. The molecule has 0 aliphatic heterocycles. The maximum Gasteiger partial charge on any atom is 0.416 e. The van der Waals surface area contributed by atoms with E-state index in [2.05, 4.69) is 0 Å². The molecular formula is C11H8F6. The molecular weight excluding hydrogens is 246 g/mol. The third-order valence-electron chi connectivity index (χ3n) is 3.06. The predicted molar refractivity (Wildman–Crippen MR) is 48.4 cm³/mol. The maximum absolute atomic E-state index is 12.7. The van der Waals surface area contributed by atoms with E-state index in [1.165, 1.54) is 0 Å². The quantitative estimate of drug-likeness (QED) is 0.655. The summed E-state index contributed by atoms with van der Waals surface area (Å²) in [6, 6.07) is 3.23. The van der Waals surface area contributed by atoms with Crippen molar-refractivity contribution in [3.05, 3.63) is 35.4 Å². The van der Waals surface area contributed by atoms with Gasteiger partial charge in [0.1, 0.15) is 0 Å². The van der Waals surface area contributed by atoms with E-state index in [-0.39, 0.29) is 18.4 Å².